The van der Waals surface area contributed by atoms with Gasteiger partial charge in [0, 0.05) is 22.6 Å². The molecule has 0 unspecified atom stereocenters. The molecule has 38 heavy (non-hydrogen) atoms. The lowest BCUT2D eigenvalue weighted by Crippen LogP contribution is -2.33. The van der Waals surface area contributed by atoms with Gasteiger partial charge in [-0.15, -0.1) is 11.3 Å². The second-order valence-electron chi connectivity index (χ2n) is 9.69. The first-order chi connectivity index (χ1) is 18.3. The maximum absolute atomic E-state index is 12.7. The maximum Gasteiger partial charge on any atom is 0.257 e. The second-order valence-corrected chi connectivity index (χ2v) is 10.5. The van der Waals surface area contributed by atoms with E-state index in [0.29, 0.717) is 33.3 Å². The standard InChI is InChI=1S/C28H27N5O4S/c1-16-10-19(26(37)29-12-16)21-4-3-5-22(31-21)23-14-38-27(32-23)33-24(35)13-30-25(36)18-7-6-17-8-9-28(2,15-34)20(17)11-18/h3-7,10-12,14,34H,8-9,13,15H2,1-2H3,(H,29,37)(H,30,36)(H,32,33,35)/t28-/m1/s1. The van der Waals surface area contributed by atoms with E-state index in [1.807, 2.05) is 26.0 Å². The number of hydrogen-bond acceptors (Lipinski definition) is 7. The van der Waals surface area contributed by atoms with Crippen molar-refractivity contribution in [1.82, 2.24) is 20.3 Å². The van der Waals surface area contributed by atoms with E-state index >= 15 is 0 Å². The van der Waals surface area contributed by atoms with Crippen molar-refractivity contribution >= 4 is 28.3 Å². The van der Waals surface area contributed by atoms with Crippen molar-refractivity contribution in [2.24, 2.45) is 0 Å². The molecule has 0 bridgehead atoms. The van der Waals surface area contributed by atoms with Crippen LogP contribution in [-0.2, 0) is 16.6 Å². The topological polar surface area (TPSA) is 137 Å². The molecule has 1 atom stereocenters. The van der Waals surface area contributed by atoms with Gasteiger partial charge >= 0.3 is 0 Å². The number of aliphatic hydroxyl groups is 1. The number of fused-ring (bicyclic) bond motifs is 1. The molecule has 2 amide bonds. The number of benzene rings is 1. The lowest BCUT2D eigenvalue weighted by molar-refractivity contribution is -0.115. The fourth-order valence-electron chi connectivity index (χ4n) is 4.59. The van der Waals surface area contributed by atoms with Gasteiger partial charge in [-0.05, 0) is 66.8 Å². The van der Waals surface area contributed by atoms with E-state index in [1.165, 1.54) is 11.3 Å². The number of aromatic nitrogens is 3. The van der Waals surface area contributed by atoms with Crippen LogP contribution >= 0.6 is 11.3 Å². The molecule has 1 aliphatic carbocycles. The average Bonchev–Trinajstić information content (AvgIpc) is 3.53. The zero-order chi connectivity index (χ0) is 26.9. The monoisotopic (exact) mass is 529 g/mol. The third-order valence-electron chi connectivity index (χ3n) is 6.81. The Balaban J connectivity index is 1.22. The summed E-state index contributed by atoms with van der Waals surface area (Å²) < 4.78 is 0. The Kier molecular flexibility index (Phi) is 6.92. The minimum atomic E-state index is -0.409. The molecule has 0 saturated carbocycles. The van der Waals surface area contributed by atoms with E-state index in [0.717, 1.165) is 29.5 Å². The predicted octanol–water partition coefficient (Wildman–Crippen LogP) is 3.43. The SMILES string of the molecule is Cc1c[nH]c(=O)c(-c2cccc(-c3csc(NC(=O)CNC(=O)c4ccc5c(c4)[C@@](C)(CO)CC5)n3)n2)c1. The summed E-state index contributed by atoms with van der Waals surface area (Å²) in [5, 5.41) is 17.3. The molecule has 10 heteroatoms. The second kappa shape index (κ2) is 10.3. The highest BCUT2D eigenvalue weighted by Crippen LogP contribution is 2.38. The Morgan fingerprint density at radius 3 is 2.76 bits per heavy atom. The number of thiazole rings is 1. The number of hydrogen-bond donors (Lipinski definition) is 4. The first-order valence-corrected chi connectivity index (χ1v) is 13.1. The molecule has 4 aromatic rings. The van der Waals surface area contributed by atoms with Gasteiger partial charge in [0.25, 0.3) is 11.5 Å². The molecular weight excluding hydrogens is 502 g/mol. The van der Waals surface area contributed by atoms with E-state index in [2.05, 4.69) is 25.6 Å². The van der Waals surface area contributed by atoms with E-state index in [9.17, 15) is 19.5 Å². The van der Waals surface area contributed by atoms with Crippen LogP contribution in [0.2, 0.25) is 0 Å². The average molecular weight is 530 g/mol. The molecule has 194 valence electrons. The summed E-state index contributed by atoms with van der Waals surface area (Å²) >= 11 is 1.24. The smallest absolute Gasteiger partial charge is 0.257 e. The van der Waals surface area contributed by atoms with E-state index in [1.54, 1.807) is 41.9 Å². The minimum Gasteiger partial charge on any atom is -0.395 e. The minimum absolute atomic E-state index is 0.0211. The van der Waals surface area contributed by atoms with Crippen molar-refractivity contribution in [2.45, 2.75) is 32.1 Å². The van der Waals surface area contributed by atoms with E-state index in [4.69, 9.17) is 0 Å². The number of nitrogens with one attached hydrogen (secondary N) is 3. The molecule has 9 nitrogen and oxygen atoms in total. The van der Waals surface area contributed by atoms with Crippen LogP contribution in [0, 0.1) is 6.92 Å². The van der Waals surface area contributed by atoms with Crippen LogP contribution in [0.1, 0.15) is 40.4 Å². The molecule has 4 N–H and O–H groups in total. The van der Waals surface area contributed by atoms with Crippen LogP contribution in [0.25, 0.3) is 22.6 Å². The van der Waals surface area contributed by atoms with Crippen LogP contribution in [0.15, 0.2) is 58.8 Å². The molecule has 0 spiro atoms. The molecule has 0 aliphatic heterocycles. The predicted molar refractivity (Wildman–Crippen MR) is 146 cm³/mol. The molecule has 0 radical (unpaired) electrons. The highest BCUT2D eigenvalue weighted by Gasteiger charge is 2.34. The maximum atomic E-state index is 12.7. The van der Waals surface area contributed by atoms with E-state index < -0.39 is 5.91 Å². The molecule has 0 fully saturated rings. The quantitative estimate of drug-likeness (QED) is 0.290. The molecule has 0 saturated heterocycles. The first kappa shape index (κ1) is 25.5. The Hall–Kier alpha value is -4.15. The first-order valence-electron chi connectivity index (χ1n) is 12.2. The fourth-order valence-corrected chi connectivity index (χ4v) is 5.31. The van der Waals surface area contributed by atoms with Crippen LogP contribution in [0.4, 0.5) is 5.13 Å². The molecule has 1 aliphatic rings. The van der Waals surface area contributed by atoms with Crippen molar-refractivity contribution in [3.05, 3.63) is 86.6 Å². The lowest BCUT2D eigenvalue weighted by atomic mass is 9.84. The van der Waals surface area contributed by atoms with Crippen molar-refractivity contribution in [3.8, 4) is 22.6 Å². The van der Waals surface area contributed by atoms with Crippen molar-refractivity contribution in [2.75, 3.05) is 18.5 Å². The lowest BCUT2D eigenvalue weighted by Gasteiger charge is -2.22. The zero-order valence-electron chi connectivity index (χ0n) is 21.0. The van der Waals surface area contributed by atoms with Crippen LogP contribution < -0.4 is 16.2 Å². The number of pyridine rings is 2. The van der Waals surface area contributed by atoms with Gasteiger partial charge < -0.3 is 20.7 Å². The number of aryl methyl sites for hydroxylation is 2. The highest BCUT2D eigenvalue weighted by molar-refractivity contribution is 7.14. The third kappa shape index (κ3) is 5.13. The number of anilines is 1. The van der Waals surface area contributed by atoms with Gasteiger partial charge in [0.1, 0.15) is 5.69 Å². The van der Waals surface area contributed by atoms with Gasteiger partial charge in [-0.25, -0.2) is 9.97 Å². The summed E-state index contributed by atoms with van der Waals surface area (Å²) in [6.07, 6.45) is 3.36. The molecular formula is C28H27N5O4S. The summed E-state index contributed by atoms with van der Waals surface area (Å²) in [6, 6.07) is 12.6. The van der Waals surface area contributed by atoms with E-state index in [-0.39, 0.29) is 30.0 Å². The van der Waals surface area contributed by atoms with Gasteiger partial charge in [-0.3, -0.25) is 14.4 Å². The number of amides is 2. The molecule has 5 rings (SSSR count). The molecule has 3 heterocycles. The summed E-state index contributed by atoms with van der Waals surface area (Å²) in [6.45, 7) is 3.68. The zero-order valence-corrected chi connectivity index (χ0v) is 21.8. The number of carbonyl (C=O) groups excluding carboxylic acids is 2. The highest BCUT2D eigenvalue weighted by atomic mass is 32.1. The number of aromatic amines is 1. The Bertz CT molecular complexity index is 1590. The third-order valence-corrected chi connectivity index (χ3v) is 7.57. The van der Waals surface area contributed by atoms with Gasteiger partial charge in [-0.2, -0.15) is 0 Å². The van der Waals surface area contributed by atoms with Gasteiger partial charge in [-0.1, -0.05) is 19.1 Å². The number of H-pyrrole nitrogens is 1. The normalized spacial score (nSPS) is 16.2. The fraction of sp³-hybridized carbons (Fsp3) is 0.250. The van der Waals surface area contributed by atoms with Crippen molar-refractivity contribution < 1.29 is 14.7 Å². The largest absolute Gasteiger partial charge is 0.395 e. The van der Waals surface area contributed by atoms with Gasteiger partial charge in [0.2, 0.25) is 5.91 Å². The summed E-state index contributed by atoms with van der Waals surface area (Å²) in [7, 11) is 0. The molecule has 1 aromatic carbocycles. The van der Waals surface area contributed by atoms with Crippen LogP contribution in [0.3, 0.4) is 0 Å². The molecule has 3 aromatic heterocycles. The van der Waals surface area contributed by atoms with Gasteiger partial charge in [0.15, 0.2) is 5.13 Å². The number of carbonyl (C=O) groups is 2. The summed E-state index contributed by atoms with van der Waals surface area (Å²) in [5.41, 5.74) is 5.04. The van der Waals surface area contributed by atoms with Gasteiger partial charge in [0.05, 0.1) is 30.1 Å². The summed E-state index contributed by atoms with van der Waals surface area (Å²) in [4.78, 5) is 49.1. The van der Waals surface area contributed by atoms with Crippen LogP contribution in [-0.4, -0.2) is 45.0 Å². The van der Waals surface area contributed by atoms with Crippen molar-refractivity contribution in [3.63, 3.8) is 0 Å². The Morgan fingerprint density at radius 2 is 1.95 bits per heavy atom. The number of nitrogens with zero attached hydrogens (tertiary/aromatic N) is 2. The Morgan fingerprint density at radius 1 is 1.13 bits per heavy atom. The Labute approximate surface area is 223 Å². The number of aliphatic hydroxyl groups excluding tert-OH is 1. The number of rotatable bonds is 7. The van der Waals surface area contributed by atoms with Crippen LogP contribution in [0.5, 0.6) is 0 Å². The summed E-state index contributed by atoms with van der Waals surface area (Å²) in [5.74, 6) is -0.768. The van der Waals surface area contributed by atoms with Crippen molar-refractivity contribution in [1.29, 1.82) is 0 Å².